The standard InChI is InChI=1S/C14H20N2O3/c1-3-6-16(11-4-5-15-10(2)7-11)13-9-19-8-12(13)14(17)18/h4-5,7,12-13H,3,6,8-9H2,1-2H3,(H,17,18). The minimum atomic E-state index is -0.783. The Balaban J connectivity index is 2.27. The van der Waals surface area contributed by atoms with Crippen LogP contribution < -0.4 is 4.90 Å². The highest BCUT2D eigenvalue weighted by molar-refractivity contribution is 5.72. The molecule has 1 aromatic rings. The zero-order chi connectivity index (χ0) is 13.8. The number of aromatic nitrogens is 1. The van der Waals surface area contributed by atoms with Gasteiger partial charge in [0.2, 0.25) is 0 Å². The van der Waals surface area contributed by atoms with Crippen molar-refractivity contribution in [3.8, 4) is 0 Å². The topological polar surface area (TPSA) is 62.7 Å². The number of ether oxygens (including phenoxy) is 1. The third-order valence-electron chi connectivity index (χ3n) is 3.44. The van der Waals surface area contributed by atoms with Crippen LogP contribution in [-0.2, 0) is 9.53 Å². The van der Waals surface area contributed by atoms with Crippen LogP contribution in [-0.4, -0.2) is 41.9 Å². The number of nitrogens with zero attached hydrogens (tertiary/aromatic N) is 2. The molecule has 0 radical (unpaired) electrons. The highest BCUT2D eigenvalue weighted by Crippen LogP contribution is 2.26. The summed E-state index contributed by atoms with van der Waals surface area (Å²) < 4.78 is 5.37. The monoisotopic (exact) mass is 264 g/mol. The Morgan fingerprint density at radius 3 is 3.00 bits per heavy atom. The Kier molecular flexibility index (Phi) is 4.37. The molecule has 1 aliphatic rings. The Morgan fingerprint density at radius 1 is 1.58 bits per heavy atom. The van der Waals surface area contributed by atoms with Gasteiger partial charge in [-0.25, -0.2) is 0 Å². The van der Waals surface area contributed by atoms with Crippen LogP contribution in [0.1, 0.15) is 19.0 Å². The van der Waals surface area contributed by atoms with Crippen LogP contribution in [0, 0.1) is 12.8 Å². The lowest BCUT2D eigenvalue weighted by molar-refractivity contribution is -0.141. The van der Waals surface area contributed by atoms with E-state index in [0.717, 1.165) is 24.3 Å². The van der Waals surface area contributed by atoms with E-state index < -0.39 is 11.9 Å². The van der Waals surface area contributed by atoms with E-state index in [1.54, 1.807) is 6.20 Å². The number of aryl methyl sites for hydroxylation is 1. The molecule has 0 aromatic carbocycles. The molecular weight excluding hydrogens is 244 g/mol. The van der Waals surface area contributed by atoms with Gasteiger partial charge in [-0.05, 0) is 25.5 Å². The molecule has 2 heterocycles. The molecule has 1 N–H and O–H groups in total. The molecule has 5 heteroatoms. The molecule has 0 bridgehead atoms. The van der Waals surface area contributed by atoms with Gasteiger partial charge >= 0.3 is 5.97 Å². The molecule has 104 valence electrons. The van der Waals surface area contributed by atoms with E-state index in [1.807, 2.05) is 19.1 Å². The van der Waals surface area contributed by atoms with Crippen LogP contribution in [0.3, 0.4) is 0 Å². The van der Waals surface area contributed by atoms with E-state index in [9.17, 15) is 9.90 Å². The van der Waals surface area contributed by atoms with E-state index >= 15 is 0 Å². The molecule has 2 rings (SSSR count). The van der Waals surface area contributed by atoms with Crippen molar-refractivity contribution >= 4 is 11.7 Å². The van der Waals surface area contributed by atoms with Crippen LogP contribution in [0.15, 0.2) is 18.3 Å². The number of pyridine rings is 1. The number of carboxylic acids is 1. The first-order valence-electron chi connectivity index (χ1n) is 6.63. The first-order valence-corrected chi connectivity index (χ1v) is 6.63. The van der Waals surface area contributed by atoms with Crippen molar-refractivity contribution in [2.45, 2.75) is 26.3 Å². The third kappa shape index (κ3) is 3.04. The van der Waals surface area contributed by atoms with Crippen molar-refractivity contribution in [1.82, 2.24) is 4.98 Å². The predicted molar refractivity (Wildman–Crippen MR) is 72.3 cm³/mol. The number of carboxylic acid groups (broad SMARTS) is 1. The molecule has 1 aromatic heterocycles. The molecule has 2 unspecified atom stereocenters. The Hall–Kier alpha value is -1.62. The van der Waals surface area contributed by atoms with Gasteiger partial charge in [0.05, 0.1) is 19.3 Å². The van der Waals surface area contributed by atoms with Gasteiger partial charge in [-0.15, -0.1) is 0 Å². The van der Waals surface area contributed by atoms with E-state index in [0.29, 0.717) is 13.2 Å². The van der Waals surface area contributed by atoms with E-state index in [-0.39, 0.29) is 6.04 Å². The summed E-state index contributed by atoms with van der Waals surface area (Å²) in [5.41, 5.74) is 1.96. The van der Waals surface area contributed by atoms with Gasteiger partial charge in [0.15, 0.2) is 0 Å². The molecule has 0 spiro atoms. The fraction of sp³-hybridized carbons (Fsp3) is 0.571. The lowest BCUT2D eigenvalue weighted by Gasteiger charge is -2.32. The number of anilines is 1. The molecule has 1 aliphatic heterocycles. The normalized spacial score (nSPS) is 22.4. The fourth-order valence-electron chi connectivity index (χ4n) is 2.52. The highest BCUT2D eigenvalue weighted by atomic mass is 16.5. The second-order valence-corrected chi connectivity index (χ2v) is 4.90. The molecular formula is C14H20N2O3. The van der Waals surface area contributed by atoms with Crippen molar-refractivity contribution in [2.75, 3.05) is 24.7 Å². The number of rotatable bonds is 5. The van der Waals surface area contributed by atoms with Crippen molar-refractivity contribution in [3.05, 3.63) is 24.0 Å². The van der Waals surface area contributed by atoms with Gasteiger partial charge in [0.1, 0.15) is 5.92 Å². The van der Waals surface area contributed by atoms with Crippen molar-refractivity contribution in [3.63, 3.8) is 0 Å². The molecule has 1 fully saturated rings. The Bertz CT molecular complexity index is 450. The zero-order valence-electron chi connectivity index (χ0n) is 11.4. The number of hydrogen-bond acceptors (Lipinski definition) is 4. The van der Waals surface area contributed by atoms with Gasteiger partial charge in [0.25, 0.3) is 0 Å². The molecule has 1 saturated heterocycles. The van der Waals surface area contributed by atoms with E-state index in [2.05, 4.69) is 16.8 Å². The summed E-state index contributed by atoms with van der Waals surface area (Å²) in [6.45, 7) is 5.62. The molecule has 0 aliphatic carbocycles. The smallest absolute Gasteiger partial charge is 0.311 e. The lowest BCUT2D eigenvalue weighted by Crippen LogP contribution is -2.43. The van der Waals surface area contributed by atoms with E-state index in [4.69, 9.17) is 4.74 Å². The highest BCUT2D eigenvalue weighted by Gasteiger charge is 2.37. The zero-order valence-corrected chi connectivity index (χ0v) is 11.4. The molecule has 5 nitrogen and oxygen atoms in total. The number of hydrogen-bond donors (Lipinski definition) is 1. The first kappa shape index (κ1) is 13.8. The maximum atomic E-state index is 11.3. The average Bonchev–Trinajstić information content (AvgIpc) is 2.85. The minimum Gasteiger partial charge on any atom is -0.481 e. The molecule has 19 heavy (non-hydrogen) atoms. The van der Waals surface area contributed by atoms with Crippen LogP contribution >= 0.6 is 0 Å². The molecule has 0 saturated carbocycles. The minimum absolute atomic E-state index is 0.0979. The van der Waals surface area contributed by atoms with Crippen LogP contribution in [0.5, 0.6) is 0 Å². The second-order valence-electron chi connectivity index (χ2n) is 4.90. The van der Waals surface area contributed by atoms with Gasteiger partial charge in [-0.3, -0.25) is 9.78 Å². The predicted octanol–water partition coefficient (Wildman–Crippen LogP) is 1.71. The summed E-state index contributed by atoms with van der Waals surface area (Å²) in [5.74, 6) is -1.24. The second kappa shape index (κ2) is 6.02. The summed E-state index contributed by atoms with van der Waals surface area (Å²) >= 11 is 0. The fourth-order valence-corrected chi connectivity index (χ4v) is 2.52. The van der Waals surface area contributed by atoms with Crippen molar-refractivity contribution in [1.29, 1.82) is 0 Å². The summed E-state index contributed by atoms with van der Waals surface area (Å²) in [4.78, 5) is 17.6. The van der Waals surface area contributed by atoms with Gasteiger partial charge in [0, 0.05) is 24.1 Å². The first-order chi connectivity index (χ1) is 9.13. The van der Waals surface area contributed by atoms with Gasteiger partial charge < -0.3 is 14.7 Å². The lowest BCUT2D eigenvalue weighted by atomic mass is 10.0. The van der Waals surface area contributed by atoms with E-state index in [1.165, 1.54) is 0 Å². The molecule has 2 atom stereocenters. The summed E-state index contributed by atoms with van der Waals surface area (Å²) in [6, 6.07) is 3.83. The Labute approximate surface area is 113 Å². The van der Waals surface area contributed by atoms with Crippen molar-refractivity contribution in [2.24, 2.45) is 5.92 Å². The third-order valence-corrected chi connectivity index (χ3v) is 3.44. The summed E-state index contributed by atoms with van der Waals surface area (Å²) in [5, 5.41) is 9.28. The van der Waals surface area contributed by atoms with Crippen LogP contribution in [0.4, 0.5) is 5.69 Å². The van der Waals surface area contributed by atoms with Crippen LogP contribution in [0.2, 0.25) is 0 Å². The number of carbonyl (C=O) groups is 1. The van der Waals surface area contributed by atoms with Gasteiger partial charge in [-0.2, -0.15) is 0 Å². The average molecular weight is 264 g/mol. The summed E-state index contributed by atoms with van der Waals surface area (Å²) in [7, 11) is 0. The SMILES string of the molecule is CCCN(c1ccnc(C)c1)C1COCC1C(=O)O. The largest absolute Gasteiger partial charge is 0.481 e. The maximum Gasteiger partial charge on any atom is 0.311 e. The quantitative estimate of drug-likeness (QED) is 0.877. The van der Waals surface area contributed by atoms with Crippen molar-refractivity contribution < 1.29 is 14.6 Å². The Morgan fingerprint density at radius 2 is 2.37 bits per heavy atom. The summed E-state index contributed by atoms with van der Waals surface area (Å²) in [6.07, 6.45) is 2.73. The van der Waals surface area contributed by atoms with Gasteiger partial charge in [-0.1, -0.05) is 6.92 Å². The molecule has 0 amide bonds. The maximum absolute atomic E-state index is 11.3. The van der Waals surface area contributed by atoms with Crippen LogP contribution in [0.25, 0.3) is 0 Å². The number of aliphatic carboxylic acids is 1.